The summed E-state index contributed by atoms with van der Waals surface area (Å²) < 4.78 is 9.69. The van der Waals surface area contributed by atoms with Crippen molar-refractivity contribution in [2.24, 2.45) is 0 Å². The van der Waals surface area contributed by atoms with Crippen LogP contribution in [0.1, 0.15) is 36.6 Å². The number of ether oxygens (including phenoxy) is 1. The smallest absolute Gasteiger partial charge is 0.159 e. The molecule has 0 bridgehead atoms. The van der Waals surface area contributed by atoms with Crippen LogP contribution in [0.3, 0.4) is 0 Å². The monoisotopic (exact) mass is 403 g/mol. The van der Waals surface area contributed by atoms with E-state index in [1.165, 1.54) is 0 Å². The fourth-order valence-electron chi connectivity index (χ4n) is 4.44. The van der Waals surface area contributed by atoms with Gasteiger partial charge in [0.2, 0.25) is 0 Å². The van der Waals surface area contributed by atoms with E-state index in [-0.39, 0.29) is 12.1 Å². The Morgan fingerprint density at radius 3 is 2.73 bits per heavy atom. The summed E-state index contributed by atoms with van der Waals surface area (Å²) in [6, 6.07) is 8.15. The highest BCUT2D eigenvalue weighted by molar-refractivity contribution is 5.81. The first kappa shape index (κ1) is 18.8. The average Bonchev–Trinajstić information content (AvgIpc) is 3.48. The van der Waals surface area contributed by atoms with Gasteiger partial charge in [-0.05, 0) is 56.9 Å². The van der Waals surface area contributed by atoms with Crippen molar-refractivity contribution in [1.82, 2.24) is 24.3 Å². The standard InChI is InChI=1S/C23H25N5O2/c1-14-13-27(16-5-7-18(29)11-16)23-21(14)26-22(15(2)25-23)19-8-6-17(12-20(19)30-3)28-10-4-9-24-28/h4,6,8-10,12-13,16,18,29H,5,7,11H2,1-3H3/t16-,18-/m0/s1. The molecule has 0 aliphatic heterocycles. The van der Waals surface area contributed by atoms with Gasteiger partial charge in [0.15, 0.2) is 5.65 Å². The van der Waals surface area contributed by atoms with Crippen molar-refractivity contribution in [2.75, 3.05) is 7.11 Å². The van der Waals surface area contributed by atoms with Crippen molar-refractivity contribution in [3.63, 3.8) is 0 Å². The van der Waals surface area contributed by atoms with Crippen LogP contribution in [0.25, 0.3) is 28.1 Å². The maximum absolute atomic E-state index is 9.97. The van der Waals surface area contributed by atoms with Crippen molar-refractivity contribution in [1.29, 1.82) is 0 Å². The Balaban J connectivity index is 1.61. The van der Waals surface area contributed by atoms with E-state index in [0.29, 0.717) is 0 Å². The molecule has 0 radical (unpaired) electrons. The number of benzene rings is 1. The lowest BCUT2D eigenvalue weighted by Crippen LogP contribution is -2.07. The number of nitrogens with zero attached hydrogens (tertiary/aromatic N) is 5. The summed E-state index contributed by atoms with van der Waals surface area (Å²) in [6.07, 6.45) is 8.13. The Morgan fingerprint density at radius 2 is 2.03 bits per heavy atom. The van der Waals surface area contributed by atoms with Crippen LogP contribution in [0.4, 0.5) is 0 Å². The van der Waals surface area contributed by atoms with Crippen LogP contribution < -0.4 is 4.74 Å². The van der Waals surface area contributed by atoms with E-state index in [0.717, 1.165) is 64.4 Å². The molecule has 7 nitrogen and oxygen atoms in total. The second-order valence-electron chi connectivity index (χ2n) is 8.01. The molecule has 5 rings (SSSR count). The fraction of sp³-hybridized carbons (Fsp3) is 0.348. The molecule has 0 saturated heterocycles. The van der Waals surface area contributed by atoms with Crippen LogP contribution >= 0.6 is 0 Å². The third-order valence-electron chi connectivity index (χ3n) is 5.98. The SMILES string of the molecule is COc1cc(-n2cccn2)ccc1-c1nc2c(C)cn([C@H]3CC[C@H](O)C3)c2nc1C. The van der Waals surface area contributed by atoms with E-state index >= 15 is 0 Å². The Hall–Kier alpha value is -3.19. The van der Waals surface area contributed by atoms with E-state index in [1.54, 1.807) is 18.0 Å². The molecule has 0 spiro atoms. The fourth-order valence-corrected chi connectivity index (χ4v) is 4.44. The predicted octanol–water partition coefficient (Wildman–Crippen LogP) is 4.00. The molecular formula is C23H25N5O2. The molecule has 1 aliphatic rings. The van der Waals surface area contributed by atoms with Gasteiger partial charge in [-0.3, -0.25) is 0 Å². The minimum absolute atomic E-state index is 0.223. The zero-order chi connectivity index (χ0) is 20.8. The van der Waals surface area contributed by atoms with Crippen LogP contribution in [0.5, 0.6) is 5.75 Å². The van der Waals surface area contributed by atoms with E-state index < -0.39 is 0 Å². The van der Waals surface area contributed by atoms with Gasteiger partial charge in [0, 0.05) is 36.3 Å². The molecule has 154 valence electrons. The molecular weight excluding hydrogens is 378 g/mol. The topological polar surface area (TPSA) is 78.0 Å². The molecule has 4 aromatic rings. The number of aromatic nitrogens is 5. The molecule has 1 N–H and O–H groups in total. The summed E-state index contributed by atoms with van der Waals surface area (Å²) in [5.74, 6) is 0.732. The van der Waals surface area contributed by atoms with Crippen molar-refractivity contribution < 1.29 is 9.84 Å². The molecule has 1 saturated carbocycles. The Labute approximate surface area is 175 Å². The van der Waals surface area contributed by atoms with Gasteiger partial charge in [0.25, 0.3) is 0 Å². The Morgan fingerprint density at radius 1 is 1.17 bits per heavy atom. The molecule has 3 aromatic heterocycles. The number of hydrogen-bond donors (Lipinski definition) is 1. The van der Waals surface area contributed by atoms with E-state index in [4.69, 9.17) is 14.7 Å². The van der Waals surface area contributed by atoms with Crippen LogP contribution in [0.15, 0.2) is 42.9 Å². The van der Waals surface area contributed by atoms with Gasteiger partial charge in [0.1, 0.15) is 11.3 Å². The highest BCUT2D eigenvalue weighted by atomic mass is 16.5. The normalized spacial score (nSPS) is 18.9. The first-order chi connectivity index (χ1) is 14.5. The summed E-state index contributed by atoms with van der Waals surface area (Å²) in [5, 5.41) is 14.3. The predicted molar refractivity (Wildman–Crippen MR) is 115 cm³/mol. The molecule has 30 heavy (non-hydrogen) atoms. The average molecular weight is 403 g/mol. The quantitative estimate of drug-likeness (QED) is 0.557. The summed E-state index contributed by atoms with van der Waals surface area (Å²) in [4.78, 5) is 9.94. The molecule has 2 atom stereocenters. The molecule has 7 heteroatoms. The third kappa shape index (κ3) is 3.06. The summed E-state index contributed by atoms with van der Waals surface area (Å²) in [5.41, 5.74) is 6.38. The minimum atomic E-state index is -0.223. The maximum Gasteiger partial charge on any atom is 0.159 e. The lowest BCUT2D eigenvalue weighted by molar-refractivity contribution is 0.178. The molecule has 1 fully saturated rings. The van der Waals surface area contributed by atoms with Crippen molar-refractivity contribution in [3.05, 3.63) is 54.1 Å². The Bertz CT molecular complexity index is 1210. The number of rotatable bonds is 4. The molecule has 1 aromatic carbocycles. The minimum Gasteiger partial charge on any atom is -0.496 e. The number of fused-ring (bicyclic) bond motifs is 1. The molecule has 0 unspecified atom stereocenters. The summed E-state index contributed by atoms with van der Waals surface area (Å²) in [7, 11) is 1.67. The van der Waals surface area contributed by atoms with E-state index in [1.807, 2.05) is 37.4 Å². The van der Waals surface area contributed by atoms with E-state index in [9.17, 15) is 5.11 Å². The van der Waals surface area contributed by atoms with Gasteiger partial charge in [-0.25, -0.2) is 14.6 Å². The summed E-state index contributed by atoms with van der Waals surface area (Å²) in [6.45, 7) is 4.05. The molecule has 1 aliphatic carbocycles. The number of aliphatic hydroxyl groups is 1. The van der Waals surface area contributed by atoms with Crippen LogP contribution in [0, 0.1) is 13.8 Å². The zero-order valence-electron chi connectivity index (χ0n) is 17.4. The van der Waals surface area contributed by atoms with Gasteiger partial charge in [-0.15, -0.1) is 0 Å². The van der Waals surface area contributed by atoms with Gasteiger partial charge >= 0.3 is 0 Å². The first-order valence-electron chi connectivity index (χ1n) is 10.3. The van der Waals surface area contributed by atoms with Gasteiger partial charge in [0.05, 0.1) is 30.3 Å². The number of aryl methyl sites for hydroxylation is 2. The highest BCUT2D eigenvalue weighted by Crippen LogP contribution is 2.36. The third-order valence-corrected chi connectivity index (χ3v) is 5.98. The van der Waals surface area contributed by atoms with E-state index in [2.05, 4.69) is 22.8 Å². The number of hydrogen-bond acceptors (Lipinski definition) is 5. The van der Waals surface area contributed by atoms with Crippen LogP contribution in [0.2, 0.25) is 0 Å². The number of methoxy groups -OCH3 is 1. The van der Waals surface area contributed by atoms with Gasteiger partial charge < -0.3 is 14.4 Å². The summed E-state index contributed by atoms with van der Waals surface area (Å²) >= 11 is 0. The number of aliphatic hydroxyl groups excluding tert-OH is 1. The van der Waals surface area contributed by atoms with Gasteiger partial charge in [-0.2, -0.15) is 5.10 Å². The maximum atomic E-state index is 9.97. The Kier molecular flexibility index (Phi) is 4.55. The second kappa shape index (κ2) is 7.25. The van der Waals surface area contributed by atoms with Crippen molar-refractivity contribution in [3.8, 4) is 22.7 Å². The second-order valence-corrected chi connectivity index (χ2v) is 8.01. The van der Waals surface area contributed by atoms with Crippen LogP contribution in [-0.4, -0.2) is 42.6 Å². The highest BCUT2D eigenvalue weighted by Gasteiger charge is 2.27. The van der Waals surface area contributed by atoms with Crippen molar-refractivity contribution >= 4 is 11.2 Å². The lowest BCUT2D eigenvalue weighted by atomic mass is 10.1. The molecule has 3 heterocycles. The zero-order valence-corrected chi connectivity index (χ0v) is 17.4. The lowest BCUT2D eigenvalue weighted by Gasteiger charge is -2.15. The first-order valence-corrected chi connectivity index (χ1v) is 10.3. The van der Waals surface area contributed by atoms with Gasteiger partial charge in [-0.1, -0.05) is 0 Å². The largest absolute Gasteiger partial charge is 0.496 e. The van der Waals surface area contributed by atoms with Crippen molar-refractivity contribution in [2.45, 2.75) is 45.3 Å². The van der Waals surface area contributed by atoms with Crippen LogP contribution in [-0.2, 0) is 0 Å². The molecule has 0 amide bonds.